The number of rotatable bonds is 9. The Labute approximate surface area is 161 Å². The van der Waals surface area contributed by atoms with Gasteiger partial charge >= 0.3 is 0 Å². The molecule has 0 fully saturated rings. The summed E-state index contributed by atoms with van der Waals surface area (Å²) in [6.45, 7) is 1.24. The number of benzene rings is 1. The first-order valence-corrected chi connectivity index (χ1v) is 9.02. The van der Waals surface area contributed by atoms with Crippen LogP contribution < -0.4 is 15.6 Å². The summed E-state index contributed by atoms with van der Waals surface area (Å²) in [7, 11) is 0. The lowest BCUT2D eigenvalue weighted by molar-refractivity contribution is 0.0922. The second-order valence-electron chi connectivity index (χ2n) is 6.20. The van der Waals surface area contributed by atoms with Gasteiger partial charge in [0.15, 0.2) is 5.76 Å². The average molecular weight is 384 g/mol. The molecule has 0 atom stereocenters. The number of hydrogen-bond donors (Lipinski definition) is 1. The van der Waals surface area contributed by atoms with Gasteiger partial charge in [-0.3, -0.25) is 9.59 Å². The van der Waals surface area contributed by atoms with Gasteiger partial charge in [-0.1, -0.05) is 6.07 Å². The lowest BCUT2D eigenvalue weighted by atomic mass is 10.3. The molecule has 1 N–H and O–H groups in total. The first-order valence-electron chi connectivity index (χ1n) is 9.02. The number of halogens is 1. The van der Waals surface area contributed by atoms with Crippen LogP contribution in [0.3, 0.4) is 0 Å². The van der Waals surface area contributed by atoms with Crippen LogP contribution in [0, 0.1) is 5.82 Å². The van der Waals surface area contributed by atoms with Crippen LogP contribution in [-0.2, 0) is 6.54 Å². The number of aromatic nitrogens is 1. The summed E-state index contributed by atoms with van der Waals surface area (Å²) in [5.41, 5.74) is -0.132. The summed E-state index contributed by atoms with van der Waals surface area (Å²) >= 11 is 0. The minimum atomic E-state index is -0.300. The molecule has 146 valence electrons. The predicted molar refractivity (Wildman–Crippen MR) is 102 cm³/mol. The molecular formula is C21H21FN2O4. The van der Waals surface area contributed by atoms with Gasteiger partial charge in [-0.05, 0) is 55.3 Å². The topological polar surface area (TPSA) is 73.5 Å². The zero-order valence-electron chi connectivity index (χ0n) is 15.3. The minimum Gasteiger partial charge on any atom is -0.494 e. The number of furan rings is 1. The molecule has 0 aliphatic carbocycles. The van der Waals surface area contributed by atoms with Gasteiger partial charge in [-0.15, -0.1) is 0 Å². The van der Waals surface area contributed by atoms with E-state index in [0.29, 0.717) is 24.7 Å². The van der Waals surface area contributed by atoms with Crippen LogP contribution in [0.25, 0.3) is 0 Å². The number of nitrogens with zero attached hydrogens (tertiary/aromatic N) is 1. The number of hydrogen-bond acceptors (Lipinski definition) is 4. The first-order chi connectivity index (χ1) is 13.6. The van der Waals surface area contributed by atoms with Crippen molar-refractivity contribution in [3.63, 3.8) is 0 Å². The highest BCUT2D eigenvalue weighted by atomic mass is 19.1. The van der Waals surface area contributed by atoms with Gasteiger partial charge in [0.2, 0.25) is 0 Å². The maximum absolute atomic E-state index is 12.8. The van der Waals surface area contributed by atoms with Crippen LogP contribution in [0.4, 0.5) is 4.39 Å². The molecule has 0 unspecified atom stereocenters. The number of unbranched alkanes of at least 4 members (excludes halogenated alkanes) is 1. The molecule has 1 aromatic carbocycles. The van der Waals surface area contributed by atoms with Crippen molar-refractivity contribution in [2.45, 2.75) is 19.4 Å². The van der Waals surface area contributed by atoms with Crippen LogP contribution in [0.1, 0.15) is 29.2 Å². The molecular weight excluding hydrogens is 363 g/mol. The lowest BCUT2D eigenvalue weighted by Crippen LogP contribution is -2.24. The fraction of sp³-hybridized carbons (Fsp3) is 0.238. The van der Waals surface area contributed by atoms with Crippen LogP contribution in [-0.4, -0.2) is 23.6 Å². The molecule has 0 saturated heterocycles. The van der Waals surface area contributed by atoms with Crippen molar-refractivity contribution >= 4 is 5.91 Å². The third kappa shape index (κ3) is 5.57. The lowest BCUT2D eigenvalue weighted by Gasteiger charge is -2.06. The Balaban J connectivity index is 1.37. The number of ether oxygens (including phenoxy) is 1. The molecule has 3 aromatic rings. The van der Waals surface area contributed by atoms with Crippen molar-refractivity contribution in [3.05, 3.63) is 88.5 Å². The number of carbonyl (C=O) groups is 1. The fourth-order valence-corrected chi connectivity index (χ4v) is 2.58. The van der Waals surface area contributed by atoms with E-state index in [0.717, 1.165) is 12.8 Å². The average Bonchev–Trinajstić information content (AvgIpc) is 3.16. The maximum Gasteiger partial charge on any atom is 0.286 e. The molecule has 0 aliphatic heterocycles. The van der Waals surface area contributed by atoms with E-state index < -0.39 is 0 Å². The maximum atomic E-state index is 12.8. The molecule has 2 aromatic heterocycles. The Morgan fingerprint density at radius 1 is 1.07 bits per heavy atom. The highest BCUT2D eigenvalue weighted by Crippen LogP contribution is 2.12. The number of nitrogens with one attached hydrogen (secondary N) is 1. The molecule has 0 aliphatic rings. The number of carbonyl (C=O) groups excluding carboxylic acids is 1. The summed E-state index contributed by atoms with van der Waals surface area (Å²) in [5.74, 6) is 0.761. The molecule has 0 bridgehead atoms. The normalized spacial score (nSPS) is 10.6. The molecule has 3 rings (SSSR count). The predicted octanol–water partition coefficient (Wildman–Crippen LogP) is 3.22. The van der Waals surface area contributed by atoms with Crippen LogP contribution in [0.15, 0.2) is 70.0 Å². The van der Waals surface area contributed by atoms with Crippen LogP contribution >= 0.6 is 0 Å². The fourth-order valence-electron chi connectivity index (χ4n) is 2.58. The second-order valence-corrected chi connectivity index (χ2v) is 6.20. The van der Waals surface area contributed by atoms with E-state index in [1.54, 1.807) is 42.6 Å². The first kappa shape index (κ1) is 19.4. The zero-order chi connectivity index (χ0) is 19.8. The zero-order valence-corrected chi connectivity index (χ0v) is 15.3. The molecule has 0 spiro atoms. The number of amides is 1. The standard InChI is InChI=1S/C21H21FN2O4/c22-16-6-8-17(9-7-16)27-14-4-2-12-23-21(26)19-11-10-18(28-19)15-24-13-3-1-5-20(24)25/h1,3,5-11,13H,2,4,12,14-15H2,(H,23,26). The third-order valence-corrected chi connectivity index (χ3v) is 4.05. The van der Waals surface area contributed by atoms with Crippen molar-refractivity contribution in [1.82, 2.24) is 9.88 Å². The summed E-state index contributed by atoms with van der Waals surface area (Å²) in [4.78, 5) is 23.8. The van der Waals surface area contributed by atoms with Crippen molar-refractivity contribution in [2.24, 2.45) is 0 Å². The highest BCUT2D eigenvalue weighted by molar-refractivity contribution is 5.91. The molecule has 6 nitrogen and oxygen atoms in total. The second kappa shape index (κ2) is 9.55. The third-order valence-electron chi connectivity index (χ3n) is 4.05. The molecule has 28 heavy (non-hydrogen) atoms. The van der Waals surface area contributed by atoms with Gasteiger partial charge in [0.1, 0.15) is 17.3 Å². The Bertz CT molecular complexity index is 963. The number of pyridine rings is 1. The van der Waals surface area contributed by atoms with E-state index in [2.05, 4.69) is 5.32 Å². The Hall–Kier alpha value is -3.35. The SMILES string of the molecule is O=C(NCCCCOc1ccc(F)cc1)c1ccc(Cn2ccccc2=O)o1. The van der Waals surface area contributed by atoms with Crippen molar-refractivity contribution in [3.8, 4) is 5.75 Å². The summed E-state index contributed by atoms with van der Waals surface area (Å²) in [6, 6.07) is 14.0. The Morgan fingerprint density at radius 2 is 1.89 bits per heavy atom. The molecule has 2 heterocycles. The summed E-state index contributed by atoms with van der Waals surface area (Å²) in [6.07, 6.45) is 3.15. The van der Waals surface area contributed by atoms with Crippen LogP contribution in [0.2, 0.25) is 0 Å². The smallest absolute Gasteiger partial charge is 0.286 e. The van der Waals surface area contributed by atoms with Gasteiger partial charge in [0.25, 0.3) is 11.5 Å². The largest absolute Gasteiger partial charge is 0.494 e. The van der Waals surface area contributed by atoms with E-state index in [1.165, 1.54) is 22.8 Å². The van der Waals surface area contributed by atoms with E-state index >= 15 is 0 Å². The minimum absolute atomic E-state index is 0.132. The van der Waals surface area contributed by atoms with E-state index in [1.807, 2.05) is 0 Å². The molecule has 0 saturated carbocycles. The summed E-state index contributed by atoms with van der Waals surface area (Å²) < 4.78 is 25.3. The van der Waals surface area contributed by atoms with E-state index in [4.69, 9.17) is 9.15 Å². The Morgan fingerprint density at radius 3 is 2.68 bits per heavy atom. The Kier molecular flexibility index (Phi) is 6.62. The van der Waals surface area contributed by atoms with E-state index in [-0.39, 0.29) is 29.6 Å². The summed E-state index contributed by atoms with van der Waals surface area (Å²) in [5, 5.41) is 2.79. The van der Waals surface area contributed by atoms with Crippen molar-refractivity contribution < 1.29 is 18.3 Å². The molecule has 0 radical (unpaired) electrons. The van der Waals surface area contributed by atoms with Crippen molar-refractivity contribution in [1.29, 1.82) is 0 Å². The van der Waals surface area contributed by atoms with E-state index in [9.17, 15) is 14.0 Å². The molecule has 1 amide bonds. The van der Waals surface area contributed by atoms with Gasteiger partial charge in [0, 0.05) is 18.8 Å². The van der Waals surface area contributed by atoms with Gasteiger partial charge in [-0.2, -0.15) is 0 Å². The highest BCUT2D eigenvalue weighted by Gasteiger charge is 2.11. The molecule has 7 heteroatoms. The monoisotopic (exact) mass is 384 g/mol. The van der Waals surface area contributed by atoms with Crippen molar-refractivity contribution in [2.75, 3.05) is 13.2 Å². The van der Waals surface area contributed by atoms with Crippen LogP contribution in [0.5, 0.6) is 5.75 Å². The van der Waals surface area contributed by atoms with Gasteiger partial charge in [0.05, 0.1) is 13.2 Å². The van der Waals surface area contributed by atoms with Gasteiger partial charge in [-0.25, -0.2) is 4.39 Å². The quantitative estimate of drug-likeness (QED) is 0.575. The van der Waals surface area contributed by atoms with Gasteiger partial charge < -0.3 is 19.0 Å².